The summed E-state index contributed by atoms with van der Waals surface area (Å²) in [4.78, 5) is 0. The van der Waals surface area contributed by atoms with Crippen molar-refractivity contribution in [2.75, 3.05) is 0 Å². The number of nitrogens with zero attached hydrogens (tertiary/aromatic N) is 2. The molecule has 0 saturated carbocycles. The van der Waals surface area contributed by atoms with Gasteiger partial charge in [0, 0.05) is 0 Å². The Balaban J connectivity index is 2.92. The maximum Gasteiger partial charge on any atom is 0.0769 e. The van der Waals surface area contributed by atoms with Gasteiger partial charge in [-0.3, -0.25) is 0 Å². The first kappa shape index (κ1) is 5.69. The Morgan fingerprint density at radius 1 is 1.50 bits per heavy atom. The van der Waals surface area contributed by atoms with Crippen LogP contribution >= 0.6 is 11.7 Å². The van der Waals surface area contributed by atoms with Crippen molar-refractivity contribution < 1.29 is 0 Å². The normalized spacial score (nSPS) is 9.75. The highest BCUT2D eigenvalue weighted by atomic mass is 32.1. The number of hydrogen-bond donors (Lipinski definition) is 0. The van der Waals surface area contributed by atoms with Gasteiger partial charge < -0.3 is 0 Å². The molecule has 1 aromatic heterocycles. The first-order valence-corrected chi connectivity index (χ1v) is 3.35. The summed E-state index contributed by atoms with van der Waals surface area (Å²) < 4.78 is 8.08. The third kappa shape index (κ3) is 0.865. The van der Waals surface area contributed by atoms with Gasteiger partial charge in [0.05, 0.1) is 23.1 Å². The molecule has 8 heavy (non-hydrogen) atoms. The van der Waals surface area contributed by atoms with E-state index in [1.165, 1.54) is 11.7 Å². The predicted octanol–water partition coefficient (Wildman–Crippen LogP) is 1.41. The Hall–Kier alpha value is -0.440. The van der Waals surface area contributed by atoms with Gasteiger partial charge in [0.2, 0.25) is 0 Å². The van der Waals surface area contributed by atoms with E-state index in [-0.39, 0.29) is 0 Å². The monoisotopic (exact) mass is 128 g/mol. The molecule has 0 fully saturated rings. The zero-order valence-electron chi connectivity index (χ0n) is 5.01. The molecule has 0 aliphatic carbocycles. The highest BCUT2D eigenvalue weighted by Crippen LogP contribution is 2.02. The van der Waals surface area contributed by atoms with Crippen LogP contribution in [0.25, 0.3) is 0 Å². The van der Waals surface area contributed by atoms with E-state index in [1.54, 1.807) is 0 Å². The van der Waals surface area contributed by atoms with Crippen LogP contribution in [0, 0.1) is 6.92 Å². The maximum atomic E-state index is 4.06. The molecule has 0 N–H and O–H groups in total. The van der Waals surface area contributed by atoms with Crippen molar-refractivity contribution in [3.05, 3.63) is 11.4 Å². The SMILES string of the molecule is CCc1nsnc1C. The van der Waals surface area contributed by atoms with Gasteiger partial charge >= 0.3 is 0 Å². The van der Waals surface area contributed by atoms with E-state index in [0.29, 0.717) is 0 Å². The maximum absolute atomic E-state index is 4.06. The molecule has 1 heterocycles. The summed E-state index contributed by atoms with van der Waals surface area (Å²) in [5, 5.41) is 0. The fourth-order valence-electron chi connectivity index (χ4n) is 0.570. The molecule has 1 aromatic rings. The van der Waals surface area contributed by atoms with Crippen LogP contribution in [0.5, 0.6) is 0 Å². The molecule has 0 aliphatic rings. The lowest BCUT2D eigenvalue weighted by molar-refractivity contribution is 1.05. The van der Waals surface area contributed by atoms with E-state index in [1.807, 2.05) is 6.92 Å². The van der Waals surface area contributed by atoms with Gasteiger partial charge in [-0.05, 0) is 13.3 Å². The van der Waals surface area contributed by atoms with Crippen LogP contribution in [0.4, 0.5) is 0 Å². The van der Waals surface area contributed by atoms with Gasteiger partial charge in [0.15, 0.2) is 0 Å². The Bertz CT molecular complexity index is 171. The third-order valence-corrected chi connectivity index (χ3v) is 1.74. The lowest BCUT2D eigenvalue weighted by atomic mass is 10.3. The molecule has 1 rings (SSSR count). The molecule has 0 radical (unpaired) electrons. The molecule has 0 unspecified atom stereocenters. The molecular formula is C5H8N2S. The molecule has 2 nitrogen and oxygen atoms in total. The molecule has 3 heteroatoms. The minimum Gasteiger partial charge on any atom is -0.178 e. The molecule has 0 saturated heterocycles. The number of aryl methyl sites for hydroxylation is 2. The van der Waals surface area contributed by atoms with Crippen LogP contribution in [0.1, 0.15) is 18.3 Å². The standard InChI is InChI=1S/C5H8N2S/c1-3-5-4(2)6-8-7-5/h3H2,1-2H3. The second kappa shape index (κ2) is 2.22. The summed E-state index contributed by atoms with van der Waals surface area (Å²) in [7, 11) is 0. The number of hydrogen-bond acceptors (Lipinski definition) is 3. The quantitative estimate of drug-likeness (QED) is 0.571. The summed E-state index contributed by atoms with van der Waals surface area (Å²) in [6.45, 7) is 4.08. The molecule has 0 aromatic carbocycles. The van der Waals surface area contributed by atoms with E-state index in [4.69, 9.17) is 0 Å². The highest BCUT2D eigenvalue weighted by Gasteiger charge is 1.96. The smallest absolute Gasteiger partial charge is 0.0769 e. The molecule has 0 aliphatic heterocycles. The second-order valence-corrected chi connectivity index (χ2v) is 2.18. The summed E-state index contributed by atoms with van der Waals surface area (Å²) >= 11 is 1.29. The minimum absolute atomic E-state index is 1.00. The van der Waals surface area contributed by atoms with Crippen molar-refractivity contribution in [1.29, 1.82) is 0 Å². The number of aromatic nitrogens is 2. The average molecular weight is 128 g/mol. The Morgan fingerprint density at radius 3 is 2.50 bits per heavy atom. The van der Waals surface area contributed by atoms with Crippen molar-refractivity contribution in [3.63, 3.8) is 0 Å². The van der Waals surface area contributed by atoms with E-state index in [2.05, 4.69) is 15.7 Å². The zero-order chi connectivity index (χ0) is 5.98. The molecule has 44 valence electrons. The van der Waals surface area contributed by atoms with Gasteiger partial charge in [0.25, 0.3) is 0 Å². The van der Waals surface area contributed by atoms with Crippen molar-refractivity contribution in [2.45, 2.75) is 20.3 Å². The van der Waals surface area contributed by atoms with Crippen LogP contribution < -0.4 is 0 Å². The minimum atomic E-state index is 1.00. The topological polar surface area (TPSA) is 25.8 Å². The van der Waals surface area contributed by atoms with Crippen LogP contribution in [0.3, 0.4) is 0 Å². The lowest BCUT2D eigenvalue weighted by Gasteiger charge is -1.83. The summed E-state index contributed by atoms with van der Waals surface area (Å²) in [6, 6.07) is 0. The Morgan fingerprint density at radius 2 is 2.25 bits per heavy atom. The molecule has 0 spiro atoms. The first-order valence-electron chi connectivity index (χ1n) is 2.62. The van der Waals surface area contributed by atoms with E-state index in [9.17, 15) is 0 Å². The van der Waals surface area contributed by atoms with Gasteiger partial charge in [0.1, 0.15) is 0 Å². The van der Waals surface area contributed by atoms with Crippen LogP contribution in [0.15, 0.2) is 0 Å². The van der Waals surface area contributed by atoms with Crippen molar-refractivity contribution in [1.82, 2.24) is 8.75 Å². The van der Waals surface area contributed by atoms with E-state index in [0.717, 1.165) is 17.8 Å². The highest BCUT2D eigenvalue weighted by molar-refractivity contribution is 6.99. The van der Waals surface area contributed by atoms with Crippen molar-refractivity contribution >= 4 is 11.7 Å². The molecule has 0 bridgehead atoms. The molecule has 0 atom stereocenters. The van der Waals surface area contributed by atoms with Gasteiger partial charge in [-0.1, -0.05) is 6.92 Å². The lowest BCUT2D eigenvalue weighted by Crippen LogP contribution is -1.81. The Labute approximate surface area is 52.9 Å². The molecule has 0 amide bonds. The first-order chi connectivity index (χ1) is 3.84. The van der Waals surface area contributed by atoms with Crippen molar-refractivity contribution in [2.24, 2.45) is 0 Å². The van der Waals surface area contributed by atoms with E-state index >= 15 is 0 Å². The fourth-order valence-corrected chi connectivity index (χ4v) is 1.20. The van der Waals surface area contributed by atoms with Gasteiger partial charge in [-0.25, -0.2) is 0 Å². The molecular weight excluding hydrogens is 120 g/mol. The van der Waals surface area contributed by atoms with Gasteiger partial charge in [-0.2, -0.15) is 8.75 Å². The van der Waals surface area contributed by atoms with E-state index < -0.39 is 0 Å². The number of rotatable bonds is 1. The fraction of sp³-hybridized carbons (Fsp3) is 0.600. The predicted molar refractivity (Wildman–Crippen MR) is 34.0 cm³/mol. The van der Waals surface area contributed by atoms with Crippen LogP contribution in [-0.4, -0.2) is 8.75 Å². The largest absolute Gasteiger partial charge is 0.178 e. The summed E-state index contributed by atoms with van der Waals surface area (Å²) in [6.07, 6.45) is 1.00. The summed E-state index contributed by atoms with van der Waals surface area (Å²) in [5.41, 5.74) is 2.22. The van der Waals surface area contributed by atoms with Crippen LogP contribution in [-0.2, 0) is 6.42 Å². The Kier molecular flexibility index (Phi) is 1.58. The summed E-state index contributed by atoms with van der Waals surface area (Å²) in [5.74, 6) is 0. The average Bonchev–Trinajstić information content (AvgIpc) is 2.14. The second-order valence-electron chi connectivity index (χ2n) is 1.65. The third-order valence-electron chi connectivity index (χ3n) is 1.08. The zero-order valence-corrected chi connectivity index (χ0v) is 5.83. The van der Waals surface area contributed by atoms with Gasteiger partial charge in [-0.15, -0.1) is 0 Å². The van der Waals surface area contributed by atoms with Crippen LogP contribution in [0.2, 0.25) is 0 Å². The van der Waals surface area contributed by atoms with Crippen molar-refractivity contribution in [3.8, 4) is 0 Å².